The predicted molar refractivity (Wildman–Crippen MR) is 195 cm³/mol. The molecule has 2 aromatic carbocycles. The van der Waals surface area contributed by atoms with Crippen LogP contribution in [-0.2, 0) is 11.2 Å². The van der Waals surface area contributed by atoms with Crippen molar-refractivity contribution in [1.29, 1.82) is 0 Å². The fourth-order valence-corrected chi connectivity index (χ4v) is 9.78. The predicted octanol–water partition coefficient (Wildman–Crippen LogP) is 7.19. The maximum absolute atomic E-state index is 17.7. The highest BCUT2D eigenvalue weighted by Gasteiger charge is 2.69. The molecule has 0 aliphatic carbocycles. The molecule has 0 spiro atoms. The van der Waals surface area contributed by atoms with Crippen LogP contribution in [0.15, 0.2) is 24.3 Å². The minimum atomic E-state index is -2.49. The van der Waals surface area contributed by atoms with Gasteiger partial charge in [0.05, 0.1) is 34.8 Å². The van der Waals surface area contributed by atoms with Crippen LogP contribution in [0.25, 0.3) is 32.9 Å². The Morgan fingerprint density at radius 2 is 1.81 bits per heavy atom. The second kappa shape index (κ2) is 11.8. The molecule has 4 fully saturated rings. The van der Waals surface area contributed by atoms with E-state index in [0.29, 0.717) is 16.0 Å². The molecule has 4 saturated heterocycles. The van der Waals surface area contributed by atoms with Gasteiger partial charge >= 0.3 is 12.1 Å². The number of aryl methyl sites for hydroxylation is 1. The molecule has 1 amide bonds. The van der Waals surface area contributed by atoms with E-state index in [1.807, 2.05) is 0 Å². The van der Waals surface area contributed by atoms with Crippen molar-refractivity contribution in [3.8, 4) is 29.6 Å². The molecule has 2 bridgehead atoms. The zero-order valence-corrected chi connectivity index (χ0v) is 30.4. The average Bonchev–Trinajstić information content (AvgIpc) is 3.71. The lowest BCUT2D eigenvalue weighted by atomic mass is 9.94. The maximum Gasteiger partial charge on any atom is 0.415 e. The van der Waals surface area contributed by atoms with Crippen molar-refractivity contribution < 1.29 is 31.8 Å². The number of hydrogen-bond acceptors (Lipinski definition) is 9. The summed E-state index contributed by atoms with van der Waals surface area (Å²) in [5.41, 5.74) is 5.41. The second-order valence-electron chi connectivity index (χ2n) is 16.4. The Labute approximate surface area is 310 Å². The molecular weight excluding hydrogens is 702 g/mol. The molecule has 7 heterocycles. The van der Waals surface area contributed by atoms with Gasteiger partial charge < -0.3 is 20.1 Å². The average molecular weight is 744 g/mol. The number of benzene rings is 2. The lowest BCUT2D eigenvalue weighted by molar-refractivity contribution is -0.133. The molecule has 0 radical (unpaired) electrons. The molecule has 5 aliphatic heterocycles. The van der Waals surface area contributed by atoms with Crippen LogP contribution < -0.4 is 15.4 Å². The summed E-state index contributed by atoms with van der Waals surface area (Å²) in [6, 6.07) is 4.59. The third-order valence-corrected chi connectivity index (χ3v) is 12.0. The highest BCUT2D eigenvalue weighted by Crippen LogP contribution is 2.55. The SMILES string of the molecule is C#Cc1c(F)ccc2cc(N)cc(-c3nc4c5c(nc(OCC67CCCN6CCC7)nc5c3F)N3C[C@@]5(F)CC[C@@](F)([C@@H]3CC4)N5C(=O)OC(C)(C)C)c12. The first-order chi connectivity index (χ1) is 25.6. The van der Waals surface area contributed by atoms with Gasteiger partial charge in [0.15, 0.2) is 5.82 Å². The van der Waals surface area contributed by atoms with Crippen LogP contribution in [0.3, 0.4) is 0 Å². The van der Waals surface area contributed by atoms with E-state index in [1.54, 1.807) is 26.8 Å². The van der Waals surface area contributed by atoms with Crippen molar-refractivity contribution in [2.75, 3.05) is 36.9 Å². The van der Waals surface area contributed by atoms with E-state index in [-0.39, 0.29) is 88.5 Å². The molecule has 0 unspecified atom stereocenters. The molecule has 2 aromatic heterocycles. The van der Waals surface area contributed by atoms with Crippen molar-refractivity contribution >= 4 is 39.3 Å². The lowest BCUT2D eigenvalue weighted by Gasteiger charge is -2.52. The molecule has 54 heavy (non-hydrogen) atoms. The van der Waals surface area contributed by atoms with Gasteiger partial charge in [-0.3, -0.25) is 4.90 Å². The fourth-order valence-electron chi connectivity index (χ4n) is 9.78. The standard InChI is InChI=1S/C40H41F4N7O3/c1-5-24-26(41)9-8-22-18-23(45)19-25(29(22)24)32-31(42)33-30-27(46-32)10-11-28-40(44)15-14-39(43,51(40)36(52)54-37(2,3)4)20-50(28)34(30)48-35(47-33)53-21-38-12-6-16-49(38)17-7-13-38/h1,8-9,18-19,28H,6-7,10-17,20-21,45H2,2-4H3/t28-,39+,40-/m0/s1. The smallest absolute Gasteiger partial charge is 0.415 e. The number of amides is 1. The highest BCUT2D eigenvalue weighted by atomic mass is 19.2. The third kappa shape index (κ3) is 5.10. The molecule has 14 heteroatoms. The first-order valence-electron chi connectivity index (χ1n) is 18.6. The number of nitrogen functional groups attached to an aromatic ring is 1. The summed E-state index contributed by atoms with van der Waals surface area (Å²) in [6.45, 7) is 6.63. The topological polar surface area (TPSA) is 110 Å². The number of carbonyl (C=O) groups excluding carboxylic acids is 1. The van der Waals surface area contributed by atoms with Gasteiger partial charge in [0.1, 0.15) is 35.1 Å². The molecule has 10 nitrogen and oxygen atoms in total. The Hall–Kier alpha value is -4.90. The van der Waals surface area contributed by atoms with Crippen LogP contribution >= 0.6 is 0 Å². The van der Waals surface area contributed by atoms with E-state index in [0.717, 1.165) is 38.8 Å². The third-order valence-electron chi connectivity index (χ3n) is 12.0. The minimum absolute atomic E-state index is 0.0611. The number of carbonyl (C=O) groups is 1. The second-order valence-corrected chi connectivity index (χ2v) is 16.4. The summed E-state index contributed by atoms with van der Waals surface area (Å²) in [5, 5.41) is 0.913. The molecule has 0 saturated carbocycles. The Balaban J connectivity index is 1.24. The number of pyridine rings is 1. The Kier molecular flexibility index (Phi) is 7.61. The van der Waals surface area contributed by atoms with E-state index >= 15 is 17.6 Å². The maximum atomic E-state index is 17.7. The van der Waals surface area contributed by atoms with E-state index in [2.05, 4.69) is 15.8 Å². The number of ether oxygens (including phenoxy) is 2. The van der Waals surface area contributed by atoms with Gasteiger partial charge in [-0.2, -0.15) is 9.97 Å². The largest absolute Gasteiger partial charge is 0.461 e. The zero-order valence-electron chi connectivity index (χ0n) is 30.4. The number of piperazine rings is 1. The number of hydrogen-bond donors (Lipinski definition) is 1. The number of anilines is 2. The molecule has 4 aromatic rings. The molecule has 5 aliphatic rings. The van der Waals surface area contributed by atoms with Crippen LogP contribution in [0.5, 0.6) is 6.01 Å². The number of aromatic nitrogens is 3. The molecule has 282 valence electrons. The quantitative estimate of drug-likeness (QED) is 0.101. The van der Waals surface area contributed by atoms with Crippen LogP contribution in [-0.4, -0.2) is 85.9 Å². The summed E-state index contributed by atoms with van der Waals surface area (Å²) >= 11 is 0. The summed E-state index contributed by atoms with van der Waals surface area (Å²) in [7, 11) is 0. The summed E-state index contributed by atoms with van der Waals surface area (Å²) in [6.07, 6.45) is 8.21. The van der Waals surface area contributed by atoms with Gasteiger partial charge in [-0.25, -0.2) is 32.2 Å². The van der Waals surface area contributed by atoms with Gasteiger partial charge in [-0.05, 0) is 96.0 Å². The van der Waals surface area contributed by atoms with Crippen LogP contribution in [0, 0.1) is 24.0 Å². The lowest BCUT2D eigenvalue weighted by Crippen LogP contribution is -2.71. The van der Waals surface area contributed by atoms with Crippen LogP contribution in [0.2, 0.25) is 0 Å². The monoisotopic (exact) mass is 743 g/mol. The molecule has 9 rings (SSSR count). The van der Waals surface area contributed by atoms with E-state index < -0.39 is 47.5 Å². The fraction of sp³-hybridized carbons (Fsp3) is 0.500. The molecule has 2 N–H and O–H groups in total. The number of nitrogens with zero attached hydrogens (tertiary/aromatic N) is 6. The Bertz CT molecular complexity index is 2300. The van der Waals surface area contributed by atoms with Gasteiger partial charge in [-0.1, -0.05) is 12.0 Å². The summed E-state index contributed by atoms with van der Waals surface area (Å²) < 4.78 is 79.2. The summed E-state index contributed by atoms with van der Waals surface area (Å²) in [4.78, 5) is 32.3. The molecular formula is C40H41F4N7O3. The van der Waals surface area contributed by atoms with Crippen molar-refractivity contribution in [2.45, 2.75) is 101 Å². The van der Waals surface area contributed by atoms with Crippen molar-refractivity contribution in [2.24, 2.45) is 0 Å². The normalized spacial score (nSPS) is 25.8. The minimum Gasteiger partial charge on any atom is -0.461 e. The van der Waals surface area contributed by atoms with E-state index in [9.17, 15) is 4.79 Å². The first kappa shape index (κ1) is 34.8. The molecule has 3 atom stereocenters. The highest BCUT2D eigenvalue weighted by molar-refractivity contribution is 6.04. The number of nitrogens with two attached hydrogens (primary N) is 1. The Morgan fingerprint density at radius 3 is 2.54 bits per heavy atom. The van der Waals surface area contributed by atoms with E-state index in [1.165, 1.54) is 23.1 Å². The van der Waals surface area contributed by atoms with Crippen molar-refractivity contribution in [3.05, 3.63) is 47.2 Å². The van der Waals surface area contributed by atoms with Gasteiger partial charge in [0, 0.05) is 29.5 Å². The van der Waals surface area contributed by atoms with Crippen LogP contribution in [0.4, 0.5) is 33.9 Å². The number of fused-ring (bicyclic) bond motifs is 7. The van der Waals surface area contributed by atoms with Crippen LogP contribution in [0.1, 0.15) is 77.0 Å². The number of terminal acetylenes is 1. The number of alkyl halides is 2. The van der Waals surface area contributed by atoms with E-state index in [4.69, 9.17) is 31.6 Å². The zero-order chi connectivity index (χ0) is 37.9. The Morgan fingerprint density at radius 1 is 1.06 bits per heavy atom. The van der Waals surface area contributed by atoms with Crippen molar-refractivity contribution in [1.82, 2.24) is 24.8 Å². The van der Waals surface area contributed by atoms with Crippen molar-refractivity contribution in [3.63, 3.8) is 0 Å². The van der Waals surface area contributed by atoms with Gasteiger partial charge in [-0.15, -0.1) is 6.42 Å². The first-order valence-corrected chi connectivity index (χ1v) is 18.6. The van der Waals surface area contributed by atoms with Gasteiger partial charge in [0.25, 0.3) is 0 Å². The number of rotatable bonds is 4. The van der Waals surface area contributed by atoms with Gasteiger partial charge in [0.2, 0.25) is 11.6 Å². The number of halogens is 4. The summed E-state index contributed by atoms with van der Waals surface area (Å²) in [5.74, 6) is -4.02.